The molecule has 0 unspecified atom stereocenters. The Morgan fingerprint density at radius 2 is 1.57 bits per heavy atom. The predicted octanol–water partition coefficient (Wildman–Crippen LogP) is 0.536. The Bertz CT molecular complexity index is 28.9. The summed E-state index contributed by atoms with van der Waals surface area (Å²) in [6.45, 7) is 3.10. The van der Waals surface area contributed by atoms with Crippen LogP contribution in [0.4, 0.5) is 0 Å². The zero-order chi connectivity index (χ0) is 6.12. The number of rotatable bonds is 1. The molecule has 0 bridgehead atoms. The summed E-state index contributed by atoms with van der Waals surface area (Å²) in [7, 11) is 0. The molecule has 0 aliphatic rings. The monoisotopic (exact) mass is 216 g/mol. The van der Waals surface area contributed by atoms with Crippen LogP contribution in [0.1, 0.15) is 0 Å². The van der Waals surface area contributed by atoms with Crippen LogP contribution in [0.25, 0.3) is 0 Å². The lowest BCUT2D eigenvalue weighted by molar-refractivity contribution is 0.186. The number of hydrogen-bond acceptors (Lipinski definition) is 2. The molecule has 0 aromatic heterocycles. The van der Waals surface area contributed by atoms with Gasteiger partial charge in [0.2, 0.25) is 0 Å². The first-order chi connectivity index (χ1) is 3.33. The predicted molar refractivity (Wildman–Crippen MR) is 38.4 cm³/mol. The van der Waals surface area contributed by atoms with Crippen LogP contribution in [-0.4, -0.2) is 23.4 Å². The van der Waals surface area contributed by atoms with E-state index in [4.69, 9.17) is 10.2 Å². The minimum Gasteiger partial charge on any atom is -0.394 e. The lowest BCUT2D eigenvalue weighted by atomic mass is 10.8. The summed E-state index contributed by atoms with van der Waals surface area (Å²) >= 11 is 2.05. The molecule has 0 aliphatic heterocycles. The van der Waals surface area contributed by atoms with Crippen molar-refractivity contribution < 1.29 is 10.2 Å². The van der Waals surface area contributed by atoms with Gasteiger partial charge < -0.3 is 10.2 Å². The Morgan fingerprint density at radius 1 is 1.43 bits per heavy atom. The molecule has 0 aromatic rings. The highest BCUT2D eigenvalue weighted by Gasteiger charge is 1.58. The van der Waals surface area contributed by atoms with Crippen LogP contribution in [0.15, 0.2) is 10.7 Å². The second kappa shape index (κ2) is 16.2. The van der Waals surface area contributed by atoms with E-state index >= 15 is 0 Å². The molecule has 0 heterocycles. The largest absolute Gasteiger partial charge is 0.394 e. The minimum atomic E-state index is -0.125. The highest BCUT2D eigenvalue weighted by molar-refractivity contribution is 14.1. The van der Waals surface area contributed by atoms with Crippen molar-refractivity contribution in [3.63, 3.8) is 0 Å². The number of hydrogen-bond donors (Lipinski definition) is 2. The van der Waals surface area contributed by atoms with Gasteiger partial charge in [-0.15, -0.1) is 0 Å². The van der Waals surface area contributed by atoms with Crippen LogP contribution in [0.5, 0.6) is 0 Å². The third-order valence-electron chi connectivity index (χ3n) is 0.1000. The normalized spacial score (nSPS) is 6.14. The maximum atomic E-state index is 7.62. The van der Waals surface area contributed by atoms with Gasteiger partial charge in [-0.2, -0.15) is 0 Å². The second-order valence-electron chi connectivity index (χ2n) is 0.602. The Hall–Kier alpha value is 0.390. The highest BCUT2D eigenvalue weighted by Crippen LogP contribution is 1.70. The fraction of sp³-hybridized carbons (Fsp3) is 0.500. The molecular formula is C4H9IO2. The van der Waals surface area contributed by atoms with Crippen LogP contribution in [0, 0.1) is 0 Å². The number of aliphatic hydroxyl groups excluding tert-OH is 2. The van der Waals surface area contributed by atoms with Gasteiger partial charge in [0.05, 0.1) is 13.2 Å². The van der Waals surface area contributed by atoms with E-state index in [2.05, 4.69) is 29.2 Å². The van der Waals surface area contributed by atoms with E-state index < -0.39 is 0 Å². The Labute approximate surface area is 57.0 Å². The first-order valence-corrected chi connectivity index (χ1v) is 3.00. The van der Waals surface area contributed by atoms with Crippen LogP contribution in [0.3, 0.4) is 0 Å². The lowest BCUT2D eigenvalue weighted by Crippen LogP contribution is -1.85. The molecule has 7 heavy (non-hydrogen) atoms. The summed E-state index contributed by atoms with van der Waals surface area (Å²) in [6.07, 6.45) is 0. The topological polar surface area (TPSA) is 40.5 Å². The molecule has 0 spiro atoms. The molecule has 0 saturated heterocycles. The molecule has 0 aliphatic carbocycles. The van der Waals surface area contributed by atoms with Gasteiger partial charge in [-0.3, -0.25) is 0 Å². The summed E-state index contributed by atoms with van der Waals surface area (Å²) < 4.78 is 1.72. The van der Waals surface area contributed by atoms with E-state index in [-0.39, 0.29) is 13.2 Å². The van der Waals surface area contributed by atoms with Gasteiger partial charge in [0.15, 0.2) is 0 Å². The van der Waals surface area contributed by atoms with Gasteiger partial charge in [0.1, 0.15) is 0 Å². The molecule has 0 aromatic carbocycles. The standard InChI is InChI=1S/C2H3I.C2H6O2/c1-2-3;3-1-2-4/h2H,1H2;3-4H,1-2H2. The van der Waals surface area contributed by atoms with Crippen molar-refractivity contribution in [2.45, 2.75) is 0 Å². The lowest BCUT2D eigenvalue weighted by Gasteiger charge is -1.70. The summed E-state index contributed by atoms with van der Waals surface area (Å²) in [6, 6.07) is 0. The average Bonchev–Trinajstić information content (AvgIpc) is 1.69. The third-order valence-corrected chi connectivity index (χ3v) is 0.1000. The minimum absolute atomic E-state index is 0.125. The fourth-order valence-electron chi connectivity index (χ4n) is 0. The van der Waals surface area contributed by atoms with Crippen molar-refractivity contribution in [3.05, 3.63) is 10.7 Å². The van der Waals surface area contributed by atoms with E-state index in [1.165, 1.54) is 0 Å². The van der Waals surface area contributed by atoms with E-state index in [1.807, 2.05) is 0 Å². The molecule has 0 saturated carbocycles. The molecular weight excluding hydrogens is 207 g/mol. The molecule has 0 atom stereocenters. The average molecular weight is 216 g/mol. The van der Waals surface area contributed by atoms with Crippen molar-refractivity contribution in [1.29, 1.82) is 0 Å². The van der Waals surface area contributed by atoms with Gasteiger partial charge in [-0.1, -0.05) is 29.2 Å². The van der Waals surface area contributed by atoms with E-state index in [0.717, 1.165) is 0 Å². The van der Waals surface area contributed by atoms with Crippen LogP contribution >= 0.6 is 22.6 Å². The van der Waals surface area contributed by atoms with Crippen molar-refractivity contribution in [2.75, 3.05) is 13.2 Å². The van der Waals surface area contributed by atoms with E-state index in [9.17, 15) is 0 Å². The summed E-state index contributed by atoms with van der Waals surface area (Å²) in [5.74, 6) is 0. The van der Waals surface area contributed by atoms with Gasteiger partial charge in [-0.05, 0) is 4.08 Å². The third kappa shape index (κ3) is 63.7. The quantitative estimate of drug-likeness (QED) is 0.628. The van der Waals surface area contributed by atoms with Crippen molar-refractivity contribution >= 4 is 22.6 Å². The van der Waals surface area contributed by atoms with Gasteiger partial charge in [0.25, 0.3) is 0 Å². The molecule has 0 amide bonds. The van der Waals surface area contributed by atoms with E-state index in [0.29, 0.717) is 0 Å². The second-order valence-corrected chi connectivity index (χ2v) is 1.48. The Morgan fingerprint density at radius 3 is 1.57 bits per heavy atom. The van der Waals surface area contributed by atoms with Crippen LogP contribution in [0.2, 0.25) is 0 Å². The van der Waals surface area contributed by atoms with Crippen molar-refractivity contribution in [1.82, 2.24) is 0 Å². The van der Waals surface area contributed by atoms with Gasteiger partial charge >= 0.3 is 0 Å². The van der Waals surface area contributed by atoms with Gasteiger partial charge in [-0.25, -0.2) is 0 Å². The molecule has 2 N–H and O–H groups in total. The summed E-state index contributed by atoms with van der Waals surface area (Å²) in [4.78, 5) is 0. The summed E-state index contributed by atoms with van der Waals surface area (Å²) in [5, 5.41) is 15.2. The molecule has 0 radical (unpaired) electrons. The zero-order valence-corrected chi connectivity index (χ0v) is 6.13. The Kier molecular flexibility index (Phi) is 24.0. The van der Waals surface area contributed by atoms with Crippen molar-refractivity contribution in [2.24, 2.45) is 0 Å². The maximum Gasteiger partial charge on any atom is 0.0662 e. The van der Waals surface area contributed by atoms with Gasteiger partial charge in [0, 0.05) is 0 Å². The van der Waals surface area contributed by atoms with Crippen LogP contribution < -0.4 is 0 Å². The highest BCUT2D eigenvalue weighted by atomic mass is 127. The fourth-order valence-corrected chi connectivity index (χ4v) is 0. The molecule has 2 nitrogen and oxygen atoms in total. The van der Waals surface area contributed by atoms with E-state index in [1.54, 1.807) is 4.08 Å². The number of halogens is 1. The zero-order valence-electron chi connectivity index (χ0n) is 3.97. The number of aliphatic hydroxyl groups is 2. The summed E-state index contributed by atoms with van der Waals surface area (Å²) in [5.41, 5.74) is 0. The van der Waals surface area contributed by atoms with Crippen molar-refractivity contribution in [3.8, 4) is 0 Å². The first-order valence-electron chi connectivity index (χ1n) is 1.76. The smallest absolute Gasteiger partial charge is 0.0662 e. The molecule has 0 fully saturated rings. The molecule has 3 heteroatoms. The first kappa shape index (κ1) is 10.4. The molecule has 0 rings (SSSR count). The Balaban J connectivity index is 0. The van der Waals surface area contributed by atoms with Crippen LogP contribution in [-0.2, 0) is 0 Å². The molecule has 44 valence electrons. The SMILES string of the molecule is C=CI.OCCO. The maximum absolute atomic E-state index is 7.62.